The Morgan fingerprint density at radius 2 is 1.64 bits per heavy atom. The largest absolute Gasteiger partial charge is 0.295 e. The van der Waals surface area contributed by atoms with Gasteiger partial charge in [-0.15, -0.1) is 0 Å². The first kappa shape index (κ1) is 13.4. The SMILES string of the molecule is CCC=CC(=O)CCCCCCCC. The van der Waals surface area contributed by atoms with Crippen LogP contribution in [0.1, 0.15) is 65.2 Å². The van der Waals surface area contributed by atoms with Crippen molar-refractivity contribution in [3.05, 3.63) is 12.2 Å². The molecular weight excluding hydrogens is 172 g/mol. The van der Waals surface area contributed by atoms with Gasteiger partial charge in [0.1, 0.15) is 0 Å². The Morgan fingerprint density at radius 3 is 2.29 bits per heavy atom. The quantitative estimate of drug-likeness (QED) is 0.397. The van der Waals surface area contributed by atoms with Crippen molar-refractivity contribution in [2.45, 2.75) is 65.2 Å². The number of hydrogen-bond acceptors (Lipinski definition) is 1. The minimum Gasteiger partial charge on any atom is -0.295 e. The molecule has 0 N–H and O–H groups in total. The fourth-order valence-corrected chi connectivity index (χ4v) is 1.41. The lowest BCUT2D eigenvalue weighted by Gasteiger charge is -1.98. The molecule has 1 heteroatoms. The molecule has 0 atom stereocenters. The predicted molar refractivity (Wildman–Crippen MR) is 62.4 cm³/mol. The summed E-state index contributed by atoms with van der Waals surface area (Å²) in [5.74, 6) is 0.294. The Balaban J connectivity index is 3.19. The second-order valence-electron chi connectivity index (χ2n) is 3.79. The predicted octanol–water partition coefficient (Wildman–Crippen LogP) is 4.27. The maximum absolute atomic E-state index is 11.2. The molecular formula is C13H24O. The van der Waals surface area contributed by atoms with E-state index in [1.165, 1.54) is 32.1 Å². The molecule has 0 aromatic heterocycles. The molecule has 0 spiro atoms. The Kier molecular flexibility index (Phi) is 10.0. The van der Waals surface area contributed by atoms with Crippen LogP contribution < -0.4 is 0 Å². The average molecular weight is 196 g/mol. The van der Waals surface area contributed by atoms with E-state index >= 15 is 0 Å². The van der Waals surface area contributed by atoms with Gasteiger partial charge < -0.3 is 0 Å². The van der Waals surface area contributed by atoms with Crippen LogP contribution in [-0.4, -0.2) is 5.78 Å². The maximum atomic E-state index is 11.2. The molecule has 0 unspecified atom stereocenters. The third-order valence-electron chi connectivity index (χ3n) is 2.32. The Hall–Kier alpha value is -0.590. The molecule has 0 rings (SSSR count). The number of ketones is 1. The summed E-state index contributed by atoms with van der Waals surface area (Å²) in [7, 11) is 0. The van der Waals surface area contributed by atoms with Crippen LogP contribution in [0.3, 0.4) is 0 Å². The van der Waals surface area contributed by atoms with Gasteiger partial charge in [-0.1, -0.05) is 52.0 Å². The van der Waals surface area contributed by atoms with Crippen molar-refractivity contribution in [1.82, 2.24) is 0 Å². The zero-order chi connectivity index (χ0) is 10.6. The summed E-state index contributed by atoms with van der Waals surface area (Å²) in [6, 6.07) is 0. The van der Waals surface area contributed by atoms with Gasteiger partial charge in [-0.25, -0.2) is 0 Å². The zero-order valence-corrected chi connectivity index (χ0v) is 9.72. The second-order valence-corrected chi connectivity index (χ2v) is 3.79. The summed E-state index contributed by atoms with van der Waals surface area (Å²) in [5, 5.41) is 0. The first-order chi connectivity index (χ1) is 6.81. The van der Waals surface area contributed by atoms with E-state index in [0.717, 1.165) is 19.3 Å². The molecule has 0 radical (unpaired) electrons. The number of hydrogen-bond donors (Lipinski definition) is 0. The third-order valence-corrected chi connectivity index (χ3v) is 2.32. The van der Waals surface area contributed by atoms with Crippen LogP contribution in [0, 0.1) is 0 Å². The second kappa shape index (κ2) is 10.5. The first-order valence-electron chi connectivity index (χ1n) is 6.00. The van der Waals surface area contributed by atoms with Gasteiger partial charge in [0, 0.05) is 6.42 Å². The molecule has 0 fully saturated rings. The molecule has 0 saturated heterocycles. The average Bonchev–Trinajstić information content (AvgIpc) is 2.20. The monoisotopic (exact) mass is 196 g/mol. The van der Waals surface area contributed by atoms with Gasteiger partial charge >= 0.3 is 0 Å². The van der Waals surface area contributed by atoms with E-state index in [-0.39, 0.29) is 0 Å². The molecule has 0 aliphatic heterocycles. The fourth-order valence-electron chi connectivity index (χ4n) is 1.41. The van der Waals surface area contributed by atoms with E-state index in [4.69, 9.17) is 0 Å². The lowest BCUT2D eigenvalue weighted by Crippen LogP contribution is -1.92. The van der Waals surface area contributed by atoms with Crippen molar-refractivity contribution in [2.75, 3.05) is 0 Å². The van der Waals surface area contributed by atoms with Crippen LogP contribution in [0.25, 0.3) is 0 Å². The number of unbranched alkanes of at least 4 members (excludes halogenated alkanes) is 5. The lowest BCUT2D eigenvalue weighted by atomic mass is 10.1. The maximum Gasteiger partial charge on any atom is 0.155 e. The third kappa shape index (κ3) is 9.50. The molecule has 0 amide bonds. The highest BCUT2D eigenvalue weighted by atomic mass is 16.1. The highest BCUT2D eigenvalue weighted by Gasteiger charge is 1.95. The molecule has 0 aromatic carbocycles. The van der Waals surface area contributed by atoms with Gasteiger partial charge in [0.25, 0.3) is 0 Å². The summed E-state index contributed by atoms with van der Waals surface area (Å²) >= 11 is 0. The van der Waals surface area contributed by atoms with Gasteiger partial charge in [-0.05, 0) is 18.9 Å². The topological polar surface area (TPSA) is 17.1 Å². The van der Waals surface area contributed by atoms with Crippen LogP contribution in [0.5, 0.6) is 0 Å². The normalized spacial score (nSPS) is 11.0. The summed E-state index contributed by atoms with van der Waals surface area (Å²) < 4.78 is 0. The molecule has 82 valence electrons. The van der Waals surface area contributed by atoms with E-state index < -0.39 is 0 Å². The van der Waals surface area contributed by atoms with E-state index in [9.17, 15) is 4.79 Å². The standard InChI is InChI=1S/C13H24O/c1-3-5-7-8-9-10-12-13(14)11-6-4-2/h6,11H,3-5,7-10,12H2,1-2H3. The molecule has 0 aromatic rings. The van der Waals surface area contributed by atoms with E-state index in [2.05, 4.69) is 13.8 Å². The molecule has 0 bridgehead atoms. The van der Waals surface area contributed by atoms with Crippen molar-refractivity contribution in [1.29, 1.82) is 0 Å². The fraction of sp³-hybridized carbons (Fsp3) is 0.769. The zero-order valence-electron chi connectivity index (χ0n) is 9.72. The molecule has 0 aliphatic carbocycles. The van der Waals surface area contributed by atoms with Crippen LogP contribution in [0.2, 0.25) is 0 Å². The minimum atomic E-state index is 0.294. The molecule has 0 aliphatic rings. The van der Waals surface area contributed by atoms with E-state index in [1.807, 2.05) is 6.08 Å². The Labute approximate surface area is 88.6 Å². The lowest BCUT2D eigenvalue weighted by molar-refractivity contribution is -0.114. The Morgan fingerprint density at radius 1 is 1.00 bits per heavy atom. The van der Waals surface area contributed by atoms with Crippen molar-refractivity contribution < 1.29 is 4.79 Å². The van der Waals surface area contributed by atoms with Crippen LogP contribution >= 0.6 is 0 Å². The van der Waals surface area contributed by atoms with Crippen LogP contribution in [-0.2, 0) is 4.79 Å². The number of carbonyl (C=O) groups excluding carboxylic acids is 1. The van der Waals surface area contributed by atoms with Crippen molar-refractivity contribution >= 4 is 5.78 Å². The van der Waals surface area contributed by atoms with Crippen molar-refractivity contribution in [3.8, 4) is 0 Å². The summed E-state index contributed by atoms with van der Waals surface area (Å²) in [6.45, 7) is 4.27. The smallest absolute Gasteiger partial charge is 0.155 e. The number of allylic oxidation sites excluding steroid dienone is 2. The van der Waals surface area contributed by atoms with E-state index in [1.54, 1.807) is 6.08 Å². The van der Waals surface area contributed by atoms with Gasteiger partial charge in [0.2, 0.25) is 0 Å². The van der Waals surface area contributed by atoms with Crippen LogP contribution in [0.15, 0.2) is 12.2 Å². The molecule has 14 heavy (non-hydrogen) atoms. The summed E-state index contributed by atoms with van der Waals surface area (Å²) in [6.07, 6.45) is 12.9. The highest BCUT2D eigenvalue weighted by molar-refractivity contribution is 5.89. The summed E-state index contributed by atoms with van der Waals surface area (Å²) in [4.78, 5) is 11.2. The number of rotatable bonds is 9. The van der Waals surface area contributed by atoms with Crippen LogP contribution in [0.4, 0.5) is 0 Å². The Bertz CT molecular complexity index is 159. The van der Waals surface area contributed by atoms with Crippen molar-refractivity contribution in [2.24, 2.45) is 0 Å². The molecule has 0 saturated carbocycles. The first-order valence-corrected chi connectivity index (χ1v) is 6.00. The van der Waals surface area contributed by atoms with Gasteiger partial charge in [-0.3, -0.25) is 4.79 Å². The van der Waals surface area contributed by atoms with Gasteiger partial charge in [-0.2, -0.15) is 0 Å². The highest BCUT2D eigenvalue weighted by Crippen LogP contribution is 2.07. The number of carbonyl (C=O) groups is 1. The van der Waals surface area contributed by atoms with Gasteiger partial charge in [0.05, 0.1) is 0 Å². The van der Waals surface area contributed by atoms with E-state index in [0.29, 0.717) is 5.78 Å². The molecule has 1 nitrogen and oxygen atoms in total. The molecule has 0 heterocycles. The minimum absolute atomic E-state index is 0.294. The van der Waals surface area contributed by atoms with Gasteiger partial charge in [0.15, 0.2) is 5.78 Å². The van der Waals surface area contributed by atoms with Crippen molar-refractivity contribution in [3.63, 3.8) is 0 Å². The summed E-state index contributed by atoms with van der Waals surface area (Å²) in [5.41, 5.74) is 0.